The Morgan fingerprint density at radius 1 is 1.25 bits per heavy atom. The molecule has 0 aromatic heterocycles. The second-order valence-electron chi connectivity index (χ2n) is 4.74. The Morgan fingerprint density at radius 3 is 2.25 bits per heavy atom. The van der Waals surface area contributed by atoms with Crippen LogP contribution in [0.25, 0.3) is 0 Å². The van der Waals surface area contributed by atoms with Gasteiger partial charge in [-0.05, 0) is 18.8 Å². The van der Waals surface area contributed by atoms with Crippen LogP contribution in [0.4, 0.5) is 4.79 Å². The maximum atomic E-state index is 12.2. The number of carbonyl (C=O) groups excluding carboxylic acids is 2. The predicted molar refractivity (Wildman–Crippen MR) is 61.1 cm³/mol. The summed E-state index contributed by atoms with van der Waals surface area (Å²) in [5.74, 6) is 0.398. The number of carbonyl (C=O) groups is 2. The van der Waals surface area contributed by atoms with E-state index in [9.17, 15) is 9.59 Å². The highest BCUT2D eigenvalue weighted by Gasteiger charge is 2.32. The van der Waals surface area contributed by atoms with Crippen molar-refractivity contribution in [3.05, 3.63) is 0 Å². The molecule has 1 atom stereocenters. The topological polar surface area (TPSA) is 55.4 Å². The van der Waals surface area contributed by atoms with E-state index in [1.807, 2.05) is 13.8 Å². The smallest absolute Gasteiger partial charge is 0.407 e. The molecule has 1 aliphatic carbocycles. The van der Waals surface area contributed by atoms with E-state index < -0.39 is 12.1 Å². The summed E-state index contributed by atoms with van der Waals surface area (Å²) in [4.78, 5) is 23.3. The average molecular weight is 227 g/mol. The number of nitrogens with one attached hydrogen (secondary N) is 1. The van der Waals surface area contributed by atoms with Crippen LogP contribution in [0.5, 0.6) is 0 Å². The van der Waals surface area contributed by atoms with Crippen LogP contribution in [0.15, 0.2) is 0 Å². The van der Waals surface area contributed by atoms with Gasteiger partial charge in [-0.3, -0.25) is 4.79 Å². The van der Waals surface area contributed by atoms with Crippen molar-refractivity contribution in [3.8, 4) is 0 Å². The molecular formula is C12H21NO3. The van der Waals surface area contributed by atoms with Crippen molar-refractivity contribution >= 4 is 11.9 Å². The number of hydrogen-bond acceptors (Lipinski definition) is 3. The summed E-state index contributed by atoms with van der Waals surface area (Å²) in [5.41, 5.74) is 0. The van der Waals surface area contributed by atoms with E-state index >= 15 is 0 Å². The van der Waals surface area contributed by atoms with Gasteiger partial charge in [-0.25, -0.2) is 4.79 Å². The summed E-state index contributed by atoms with van der Waals surface area (Å²) in [7, 11) is 1.31. The molecule has 1 amide bonds. The molecule has 0 aromatic carbocycles. The predicted octanol–water partition coefficient (Wildman–Crippen LogP) is 2.13. The van der Waals surface area contributed by atoms with Crippen molar-refractivity contribution in [2.75, 3.05) is 7.11 Å². The fourth-order valence-corrected chi connectivity index (χ4v) is 2.22. The SMILES string of the molecule is COC(=O)N[C@H](C(=O)C1CCCC1)C(C)C. The van der Waals surface area contributed by atoms with Gasteiger partial charge in [0.05, 0.1) is 13.2 Å². The third-order valence-corrected chi connectivity index (χ3v) is 3.19. The van der Waals surface area contributed by atoms with Gasteiger partial charge in [-0.15, -0.1) is 0 Å². The van der Waals surface area contributed by atoms with Crippen LogP contribution in [0.3, 0.4) is 0 Å². The highest BCUT2D eigenvalue weighted by Crippen LogP contribution is 2.27. The molecule has 16 heavy (non-hydrogen) atoms. The third-order valence-electron chi connectivity index (χ3n) is 3.19. The molecule has 1 saturated carbocycles. The summed E-state index contributed by atoms with van der Waals surface area (Å²) in [6.45, 7) is 3.88. The lowest BCUT2D eigenvalue weighted by atomic mass is 9.90. The number of alkyl carbamates (subject to hydrolysis) is 1. The summed E-state index contributed by atoms with van der Waals surface area (Å²) < 4.78 is 4.54. The summed E-state index contributed by atoms with van der Waals surface area (Å²) in [5, 5.41) is 2.63. The Bertz CT molecular complexity index is 257. The van der Waals surface area contributed by atoms with Crippen LogP contribution in [-0.2, 0) is 9.53 Å². The van der Waals surface area contributed by atoms with Crippen LogP contribution >= 0.6 is 0 Å². The molecule has 0 bridgehead atoms. The molecular weight excluding hydrogens is 206 g/mol. The van der Waals surface area contributed by atoms with E-state index in [4.69, 9.17) is 0 Å². The van der Waals surface area contributed by atoms with Crippen LogP contribution < -0.4 is 5.32 Å². The van der Waals surface area contributed by atoms with Gasteiger partial charge in [-0.2, -0.15) is 0 Å². The lowest BCUT2D eigenvalue weighted by molar-refractivity contribution is -0.125. The summed E-state index contributed by atoms with van der Waals surface area (Å²) >= 11 is 0. The van der Waals surface area contributed by atoms with Gasteiger partial charge < -0.3 is 10.1 Å². The first-order valence-electron chi connectivity index (χ1n) is 5.94. The number of Topliss-reactive ketones (excluding diaryl/α,β-unsaturated/α-hetero) is 1. The Morgan fingerprint density at radius 2 is 1.81 bits per heavy atom. The lowest BCUT2D eigenvalue weighted by Gasteiger charge is -2.23. The second-order valence-corrected chi connectivity index (χ2v) is 4.74. The zero-order valence-corrected chi connectivity index (χ0v) is 10.3. The minimum atomic E-state index is -0.523. The lowest BCUT2D eigenvalue weighted by Crippen LogP contribution is -2.46. The Kier molecular flexibility index (Phi) is 4.77. The maximum absolute atomic E-state index is 12.2. The first-order chi connectivity index (χ1) is 7.56. The quantitative estimate of drug-likeness (QED) is 0.800. The maximum Gasteiger partial charge on any atom is 0.407 e. The first kappa shape index (κ1) is 13.0. The molecule has 1 N–H and O–H groups in total. The van der Waals surface area contributed by atoms with Crippen LogP contribution in [0, 0.1) is 11.8 Å². The van der Waals surface area contributed by atoms with E-state index in [-0.39, 0.29) is 17.6 Å². The van der Waals surface area contributed by atoms with E-state index in [2.05, 4.69) is 10.1 Å². The van der Waals surface area contributed by atoms with Gasteiger partial charge in [0, 0.05) is 5.92 Å². The van der Waals surface area contributed by atoms with Gasteiger partial charge in [0.25, 0.3) is 0 Å². The molecule has 0 radical (unpaired) electrons. The Labute approximate surface area is 96.7 Å². The molecule has 4 heteroatoms. The normalized spacial score (nSPS) is 18.5. The summed E-state index contributed by atoms with van der Waals surface area (Å²) in [6.07, 6.45) is 3.65. The standard InChI is InChI=1S/C12H21NO3/c1-8(2)10(13-12(15)16-3)11(14)9-6-4-5-7-9/h8-10H,4-7H2,1-3H3,(H,13,15)/t10-/m0/s1. The molecule has 1 fully saturated rings. The zero-order valence-electron chi connectivity index (χ0n) is 10.3. The van der Waals surface area contributed by atoms with E-state index in [0.717, 1.165) is 25.7 Å². The second kappa shape index (κ2) is 5.87. The molecule has 0 saturated heterocycles. The molecule has 92 valence electrons. The zero-order chi connectivity index (χ0) is 12.1. The number of amides is 1. The van der Waals surface area contributed by atoms with E-state index in [1.54, 1.807) is 0 Å². The molecule has 0 heterocycles. The highest BCUT2D eigenvalue weighted by atomic mass is 16.5. The summed E-state index contributed by atoms with van der Waals surface area (Å²) in [6, 6.07) is -0.407. The number of ether oxygens (including phenoxy) is 1. The van der Waals surface area contributed by atoms with Crippen LogP contribution in [-0.4, -0.2) is 25.0 Å². The van der Waals surface area contributed by atoms with Gasteiger partial charge in [0.1, 0.15) is 0 Å². The minimum absolute atomic E-state index is 0.104. The van der Waals surface area contributed by atoms with Crippen molar-refractivity contribution in [2.45, 2.75) is 45.6 Å². The van der Waals surface area contributed by atoms with Crippen LogP contribution in [0.2, 0.25) is 0 Å². The van der Waals surface area contributed by atoms with Gasteiger partial charge in [0.15, 0.2) is 5.78 Å². The Hall–Kier alpha value is -1.06. The van der Waals surface area contributed by atoms with Crippen molar-refractivity contribution in [1.29, 1.82) is 0 Å². The monoisotopic (exact) mass is 227 g/mol. The average Bonchev–Trinajstić information content (AvgIpc) is 2.77. The van der Waals surface area contributed by atoms with Crippen molar-refractivity contribution < 1.29 is 14.3 Å². The highest BCUT2D eigenvalue weighted by molar-refractivity contribution is 5.89. The third kappa shape index (κ3) is 3.22. The van der Waals surface area contributed by atoms with Crippen molar-refractivity contribution in [2.24, 2.45) is 11.8 Å². The fourth-order valence-electron chi connectivity index (χ4n) is 2.22. The van der Waals surface area contributed by atoms with Crippen LogP contribution in [0.1, 0.15) is 39.5 Å². The number of rotatable bonds is 4. The largest absolute Gasteiger partial charge is 0.453 e. The molecule has 0 aliphatic heterocycles. The van der Waals surface area contributed by atoms with Gasteiger partial charge in [-0.1, -0.05) is 26.7 Å². The first-order valence-corrected chi connectivity index (χ1v) is 5.94. The van der Waals surface area contributed by atoms with Gasteiger partial charge in [0.2, 0.25) is 0 Å². The molecule has 0 spiro atoms. The number of methoxy groups -OCH3 is 1. The molecule has 1 aliphatic rings. The number of hydrogen-bond donors (Lipinski definition) is 1. The van der Waals surface area contributed by atoms with E-state index in [0.29, 0.717) is 0 Å². The van der Waals surface area contributed by atoms with Gasteiger partial charge >= 0.3 is 6.09 Å². The molecule has 1 rings (SSSR count). The van der Waals surface area contributed by atoms with Crippen molar-refractivity contribution in [3.63, 3.8) is 0 Å². The van der Waals surface area contributed by atoms with Crippen molar-refractivity contribution in [1.82, 2.24) is 5.32 Å². The van der Waals surface area contributed by atoms with E-state index in [1.165, 1.54) is 7.11 Å². The molecule has 0 aromatic rings. The minimum Gasteiger partial charge on any atom is -0.453 e. The molecule has 4 nitrogen and oxygen atoms in total. The number of ketones is 1. The fraction of sp³-hybridized carbons (Fsp3) is 0.833. The molecule has 0 unspecified atom stereocenters. The Balaban J connectivity index is 2.61.